The van der Waals surface area contributed by atoms with Crippen LogP contribution in [0.3, 0.4) is 0 Å². The van der Waals surface area contributed by atoms with Gasteiger partial charge < -0.3 is 59.3 Å². The van der Waals surface area contributed by atoms with Gasteiger partial charge in [-0.2, -0.15) is 0 Å². The smallest absolute Gasteiger partial charge is 0.407 e. The largest absolute Gasteiger partial charge is 0.440 e. The Balaban J connectivity index is 1.33. The molecule has 1 aromatic heterocycles. The van der Waals surface area contributed by atoms with E-state index in [9.17, 15) is 30.3 Å². The minimum atomic E-state index is -1.62. The van der Waals surface area contributed by atoms with Crippen LogP contribution in [0.1, 0.15) is 11.4 Å². The van der Waals surface area contributed by atoms with Gasteiger partial charge in [0.25, 0.3) is 0 Å². The fourth-order valence-electron chi connectivity index (χ4n) is 4.43. The Morgan fingerprint density at radius 3 is 2.12 bits per heavy atom. The van der Waals surface area contributed by atoms with Crippen LogP contribution in [0.5, 0.6) is 0 Å². The summed E-state index contributed by atoms with van der Waals surface area (Å²) in [5.74, 6) is 0.795. The van der Waals surface area contributed by atoms with E-state index in [1.54, 1.807) is 31.2 Å². The quantitative estimate of drug-likeness (QED) is 0.165. The molecule has 4 unspecified atom stereocenters. The maximum absolute atomic E-state index is 12.6. The predicted octanol–water partition coefficient (Wildman–Crippen LogP) is -2.60. The van der Waals surface area contributed by atoms with Crippen molar-refractivity contribution >= 4 is 6.09 Å². The zero-order chi connectivity index (χ0) is 30.4. The number of aryl methyl sites for hydroxylation is 1. The molecule has 232 valence electrons. The Kier molecular flexibility index (Phi) is 11.0. The van der Waals surface area contributed by atoms with Crippen molar-refractivity contribution in [1.82, 2.24) is 25.7 Å². The van der Waals surface area contributed by atoms with Gasteiger partial charge >= 0.3 is 6.09 Å². The molecule has 0 spiro atoms. The zero-order valence-corrected chi connectivity index (χ0v) is 23.1. The highest BCUT2D eigenvalue weighted by Gasteiger charge is 2.49. The number of amides is 1. The summed E-state index contributed by atoms with van der Waals surface area (Å²) in [7, 11) is 2.62. The zero-order valence-electron chi connectivity index (χ0n) is 23.1. The molecule has 0 bridgehead atoms. The van der Waals surface area contributed by atoms with Gasteiger partial charge in [-0.1, -0.05) is 24.3 Å². The number of rotatable bonds is 10. The molecule has 2 aliphatic heterocycles. The van der Waals surface area contributed by atoms with Crippen molar-refractivity contribution in [1.29, 1.82) is 0 Å². The highest BCUT2D eigenvalue weighted by Crippen LogP contribution is 2.27. The second-order valence-electron chi connectivity index (χ2n) is 9.75. The van der Waals surface area contributed by atoms with Gasteiger partial charge in [0, 0.05) is 26.3 Å². The molecule has 0 radical (unpaired) electrons. The summed E-state index contributed by atoms with van der Waals surface area (Å²) in [5, 5.41) is 70.2. The molecular weight excluding hydrogens is 562 g/mol. The number of benzene rings is 1. The fraction of sp³-hybridized carbons (Fsp3) is 0.640. The van der Waals surface area contributed by atoms with E-state index in [1.807, 2.05) is 0 Å². The summed E-state index contributed by atoms with van der Waals surface area (Å²) >= 11 is 0. The van der Waals surface area contributed by atoms with Crippen molar-refractivity contribution in [2.24, 2.45) is 0 Å². The van der Waals surface area contributed by atoms with E-state index >= 15 is 0 Å². The second kappa shape index (κ2) is 14.5. The van der Waals surface area contributed by atoms with Crippen LogP contribution in [0.2, 0.25) is 0 Å². The number of aromatic nitrogens is 4. The van der Waals surface area contributed by atoms with E-state index in [4.69, 9.17) is 28.4 Å². The minimum absolute atomic E-state index is 0.0632. The third-order valence-electron chi connectivity index (χ3n) is 6.77. The third kappa shape index (κ3) is 7.51. The third-order valence-corrected chi connectivity index (χ3v) is 6.77. The Bertz CT molecular complexity index is 1150. The molecule has 2 fully saturated rings. The first-order chi connectivity index (χ1) is 20.1. The fourth-order valence-corrected chi connectivity index (χ4v) is 4.43. The van der Waals surface area contributed by atoms with Crippen molar-refractivity contribution in [3.63, 3.8) is 0 Å². The number of nitrogens with one attached hydrogen (secondary N) is 1. The molecule has 0 aliphatic carbocycles. The topological polar surface area (TPSA) is 237 Å². The highest BCUT2D eigenvalue weighted by molar-refractivity contribution is 5.67. The molecule has 2 saturated heterocycles. The number of nitrogens with zero attached hydrogens (tertiary/aromatic N) is 4. The van der Waals surface area contributed by atoms with Gasteiger partial charge in [0.1, 0.15) is 42.7 Å². The number of ether oxygens (including phenoxy) is 6. The number of hydrogen-bond acceptors (Lipinski definition) is 16. The van der Waals surface area contributed by atoms with Crippen LogP contribution in [0.15, 0.2) is 24.3 Å². The first-order valence-electron chi connectivity index (χ1n) is 13.0. The van der Waals surface area contributed by atoms with Crippen LogP contribution in [-0.2, 0) is 35.0 Å². The molecule has 3 heterocycles. The Labute approximate surface area is 240 Å². The standard InChI is InChI=1S/C25H35N5O12/c1-11-27-29-22(30-28-11)13-6-4-12(5-7-13)8-26-25(36)42-21-17(32)15(40-23(38-3)20(21)35)10-39-24-19(34)18(33)16(31)14(41-24)9-37-2/h4-7,14-21,23-24,31-35H,8-10H2,1-3H3,(H,26,36)/t14?,15?,16-,17-,18+,19?,20?,21+,23+,24+/m1/s1. The van der Waals surface area contributed by atoms with Crippen molar-refractivity contribution < 1.29 is 58.7 Å². The molecule has 2 aliphatic rings. The molecular formula is C25H35N5O12. The molecule has 42 heavy (non-hydrogen) atoms. The number of aliphatic hydroxyl groups is 5. The lowest BCUT2D eigenvalue weighted by atomic mass is 9.98. The molecule has 10 atom stereocenters. The molecule has 17 nitrogen and oxygen atoms in total. The van der Waals surface area contributed by atoms with Gasteiger partial charge in [-0.3, -0.25) is 0 Å². The molecule has 17 heteroatoms. The average Bonchev–Trinajstić information content (AvgIpc) is 2.99. The number of carbonyl (C=O) groups excluding carboxylic acids is 1. The summed E-state index contributed by atoms with van der Waals surface area (Å²) < 4.78 is 32.0. The van der Waals surface area contributed by atoms with E-state index in [0.717, 1.165) is 0 Å². The Hall–Kier alpha value is -2.97. The number of methoxy groups -OCH3 is 2. The SMILES string of the molecule is COCC1O[C@H](OCC2O[C@H](OC)C(O)[C@@H](OC(=O)NCc3ccc(-c4nnc(C)nn4)cc3)[C@@H]2O)C(O)[C@@H](O)[C@@H]1O. The van der Waals surface area contributed by atoms with Crippen LogP contribution in [-0.4, -0.2) is 141 Å². The van der Waals surface area contributed by atoms with Crippen LogP contribution < -0.4 is 5.32 Å². The molecule has 1 aromatic carbocycles. The van der Waals surface area contributed by atoms with E-state index < -0.39 is 74.1 Å². The molecule has 1 amide bonds. The molecule has 0 saturated carbocycles. The number of aliphatic hydroxyl groups excluding tert-OH is 5. The van der Waals surface area contributed by atoms with E-state index in [2.05, 4.69) is 25.7 Å². The Morgan fingerprint density at radius 1 is 0.833 bits per heavy atom. The van der Waals surface area contributed by atoms with Gasteiger partial charge in [-0.15, -0.1) is 20.4 Å². The summed E-state index contributed by atoms with van der Waals surface area (Å²) in [6.45, 7) is 1.22. The highest BCUT2D eigenvalue weighted by atomic mass is 16.7. The van der Waals surface area contributed by atoms with Crippen LogP contribution in [0, 0.1) is 6.92 Å². The summed E-state index contributed by atoms with van der Waals surface area (Å²) in [6.07, 6.45) is -15.1. The van der Waals surface area contributed by atoms with Crippen molar-refractivity contribution in [3.05, 3.63) is 35.7 Å². The van der Waals surface area contributed by atoms with Gasteiger partial charge in [0.05, 0.1) is 13.2 Å². The minimum Gasteiger partial charge on any atom is -0.440 e. The van der Waals surface area contributed by atoms with E-state index in [0.29, 0.717) is 22.8 Å². The number of hydrogen-bond donors (Lipinski definition) is 6. The average molecular weight is 598 g/mol. The van der Waals surface area contributed by atoms with Crippen LogP contribution in [0.25, 0.3) is 11.4 Å². The summed E-state index contributed by atoms with van der Waals surface area (Å²) in [5.41, 5.74) is 1.39. The van der Waals surface area contributed by atoms with Crippen molar-refractivity contribution in [3.8, 4) is 11.4 Å². The first kappa shape index (κ1) is 32.0. The molecule has 4 rings (SSSR count). The maximum Gasteiger partial charge on any atom is 0.407 e. The number of alkyl carbamates (subject to hydrolysis) is 1. The van der Waals surface area contributed by atoms with Gasteiger partial charge in [0.2, 0.25) is 5.82 Å². The lowest BCUT2D eigenvalue weighted by molar-refractivity contribution is -0.328. The summed E-state index contributed by atoms with van der Waals surface area (Å²) in [4.78, 5) is 12.6. The summed E-state index contributed by atoms with van der Waals surface area (Å²) in [6, 6.07) is 6.95. The first-order valence-corrected chi connectivity index (χ1v) is 13.0. The second-order valence-corrected chi connectivity index (χ2v) is 9.75. The molecule has 6 N–H and O–H groups in total. The van der Waals surface area contributed by atoms with Gasteiger partial charge in [-0.05, 0) is 12.5 Å². The maximum atomic E-state index is 12.6. The van der Waals surface area contributed by atoms with Crippen LogP contribution in [0.4, 0.5) is 4.79 Å². The number of carbonyl (C=O) groups is 1. The van der Waals surface area contributed by atoms with Gasteiger partial charge in [0.15, 0.2) is 24.5 Å². The molecule has 2 aromatic rings. The normalized spacial score (nSPS) is 33.2. The van der Waals surface area contributed by atoms with Crippen LogP contribution >= 0.6 is 0 Å². The van der Waals surface area contributed by atoms with Crippen molar-refractivity contribution in [2.45, 2.75) is 74.9 Å². The Morgan fingerprint density at radius 2 is 1.48 bits per heavy atom. The van der Waals surface area contributed by atoms with Crippen molar-refractivity contribution in [2.75, 3.05) is 27.4 Å². The lowest BCUT2D eigenvalue weighted by Gasteiger charge is -2.43. The predicted molar refractivity (Wildman–Crippen MR) is 137 cm³/mol. The lowest BCUT2D eigenvalue weighted by Crippen LogP contribution is -2.62. The monoisotopic (exact) mass is 597 g/mol. The van der Waals surface area contributed by atoms with Gasteiger partial charge in [-0.25, -0.2) is 4.79 Å². The van der Waals surface area contributed by atoms with E-state index in [-0.39, 0.29) is 13.2 Å². The van der Waals surface area contributed by atoms with E-state index in [1.165, 1.54) is 14.2 Å².